The van der Waals surface area contributed by atoms with Crippen LogP contribution in [0.15, 0.2) is 339 Å². The zero-order valence-corrected chi connectivity index (χ0v) is 52.7. The maximum atomic E-state index is 5.47. The number of hydrogen-bond acceptors (Lipinski definition) is 5. The SMILES string of the molecule is CC1CC=CC2=C1B1c3ccccc3N(c3ccccc3)c3cc(-c4cccc(-c5cccc(-c6cccc(-c7nc(-c8ccccc8)nc(-c8ccccc8)n7)c6-n6c7ccccc7c7cc8c9ccccc9n(-c9ccccc9)c8cc76)c5)c4)cc(c31)N2c1ccccc1. The molecule has 0 bridgehead atoms. The van der Waals surface area contributed by atoms with Gasteiger partial charge in [-0.3, -0.25) is 0 Å². The molecule has 16 aromatic rings. The van der Waals surface area contributed by atoms with Crippen LogP contribution in [0.5, 0.6) is 0 Å². The average Bonchev–Trinajstić information content (AvgIpc) is 1.14. The molecule has 96 heavy (non-hydrogen) atoms. The number of benzene rings is 13. The summed E-state index contributed by atoms with van der Waals surface area (Å²) in [5.74, 6) is 2.13. The predicted molar refractivity (Wildman–Crippen MR) is 399 cm³/mol. The van der Waals surface area contributed by atoms with E-state index < -0.39 is 0 Å². The molecule has 1 atom stereocenters. The molecule has 0 radical (unpaired) electrons. The zero-order chi connectivity index (χ0) is 63.4. The molecule has 0 amide bonds. The quantitative estimate of drug-likeness (QED) is 0.128. The monoisotopic (exact) mass is 1230 g/mol. The number of rotatable bonds is 10. The van der Waals surface area contributed by atoms with Gasteiger partial charge in [-0.1, -0.05) is 237 Å². The Morgan fingerprint density at radius 1 is 0.333 bits per heavy atom. The molecule has 7 nitrogen and oxygen atoms in total. The lowest BCUT2D eigenvalue weighted by Gasteiger charge is -2.47. The molecule has 2 aliphatic heterocycles. The van der Waals surface area contributed by atoms with Gasteiger partial charge < -0.3 is 18.9 Å². The second-order valence-corrected chi connectivity index (χ2v) is 25.5. The smallest absolute Gasteiger partial charge is 0.247 e. The third-order valence-electron chi connectivity index (χ3n) is 20.0. The molecule has 0 spiro atoms. The van der Waals surface area contributed by atoms with E-state index in [-0.39, 0.29) is 6.71 Å². The van der Waals surface area contributed by atoms with Gasteiger partial charge in [-0.2, -0.15) is 0 Å². The van der Waals surface area contributed by atoms with Gasteiger partial charge in [0.05, 0.1) is 27.8 Å². The Hall–Kier alpha value is -12.4. The van der Waals surface area contributed by atoms with Gasteiger partial charge in [-0.05, 0) is 154 Å². The van der Waals surface area contributed by atoms with Crippen molar-refractivity contribution in [3.63, 3.8) is 0 Å². The van der Waals surface area contributed by atoms with Crippen molar-refractivity contribution in [3.8, 4) is 78.9 Å². The molecule has 1 unspecified atom stereocenters. The van der Waals surface area contributed by atoms with Gasteiger partial charge in [0.25, 0.3) is 0 Å². The zero-order valence-electron chi connectivity index (χ0n) is 52.7. The topological polar surface area (TPSA) is 55.0 Å². The molecular formula is C88H60BN7. The number of aromatic nitrogens is 5. The van der Waals surface area contributed by atoms with Crippen molar-refractivity contribution in [2.75, 3.05) is 9.80 Å². The summed E-state index contributed by atoms with van der Waals surface area (Å²) in [5.41, 5.74) is 27.1. The number of nitrogens with zero attached hydrogens (tertiary/aromatic N) is 7. The van der Waals surface area contributed by atoms with Gasteiger partial charge in [0.2, 0.25) is 6.71 Å². The van der Waals surface area contributed by atoms with Crippen LogP contribution in [0.4, 0.5) is 28.4 Å². The van der Waals surface area contributed by atoms with Crippen LogP contribution >= 0.6 is 0 Å². The fraction of sp³-hybridized carbons (Fsp3) is 0.0341. The molecule has 0 saturated carbocycles. The molecule has 8 heteroatoms. The third kappa shape index (κ3) is 8.86. The van der Waals surface area contributed by atoms with Crippen LogP contribution in [0.1, 0.15) is 13.3 Å². The van der Waals surface area contributed by atoms with Crippen LogP contribution in [0.2, 0.25) is 0 Å². The molecule has 0 saturated heterocycles. The van der Waals surface area contributed by atoms with Crippen molar-refractivity contribution in [2.24, 2.45) is 5.92 Å². The van der Waals surface area contributed by atoms with Gasteiger partial charge in [-0.15, -0.1) is 0 Å². The van der Waals surface area contributed by atoms with E-state index in [1.807, 2.05) is 36.4 Å². The molecule has 1 aliphatic carbocycles. The van der Waals surface area contributed by atoms with E-state index >= 15 is 0 Å². The highest BCUT2D eigenvalue weighted by Crippen LogP contribution is 2.50. The van der Waals surface area contributed by atoms with Crippen LogP contribution in [0.3, 0.4) is 0 Å². The van der Waals surface area contributed by atoms with Crippen LogP contribution in [0.25, 0.3) is 123 Å². The molecule has 450 valence electrons. The Labute approximate surface area is 557 Å². The lowest BCUT2D eigenvalue weighted by Crippen LogP contribution is -2.57. The molecule has 3 aliphatic rings. The molecule has 3 aromatic heterocycles. The Kier molecular flexibility index (Phi) is 12.9. The minimum absolute atomic E-state index is 0.0824. The number of para-hydroxylation sites is 7. The minimum atomic E-state index is 0.0824. The van der Waals surface area contributed by atoms with Gasteiger partial charge in [-0.25, -0.2) is 15.0 Å². The Bertz CT molecular complexity index is 5780. The maximum Gasteiger partial charge on any atom is 0.247 e. The fourth-order valence-electron chi connectivity index (χ4n) is 15.7. The average molecular weight is 1230 g/mol. The summed E-state index contributed by atoms with van der Waals surface area (Å²) >= 11 is 0. The number of fused-ring (bicyclic) bond motifs is 9. The summed E-state index contributed by atoms with van der Waals surface area (Å²) in [6.07, 6.45) is 5.76. The summed E-state index contributed by atoms with van der Waals surface area (Å²) < 4.78 is 4.89. The van der Waals surface area contributed by atoms with Crippen LogP contribution < -0.4 is 20.7 Å². The van der Waals surface area contributed by atoms with Crippen molar-refractivity contribution in [2.45, 2.75) is 13.3 Å². The number of anilines is 5. The second kappa shape index (κ2) is 22.4. The molecule has 0 N–H and O–H groups in total. The summed E-state index contributed by atoms with van der Waals surface area (Å²) in [7, 11) is 0. The van der Waals surface area contributed by atoms with Crippen molar-refractivity contribution in [1.29, 1.82) is 0 Å². The fourth-order valence-corrected chi connectivity index (χ4v) is 15.7. The van der Waals surface area contributed by atoms with E-state index in [4.69, 9.17) is 15.0 Å². The Morgan fingerprint density at radius 2 is 0.802 bits per heavy atom. The standard InChI is InChI=1S/C88H60BN7/c1-57-27-23-50-78-83(57)89-74-46-19-22-49-77(74)94(66-38-13-5-14-39-66)81-53-64(54-82(84(81)89)95(78)67-40-15-6-16-41-67)62-34-24-32-60(51-62)61-33-25-35-63(52-61)68-44-26-45-71(88-91-86(58-28-7-2-8-29-58)90-87(92-88)59-30-9-3-10-31-59)85(68)96-76-48-21-18-43-70(76)73-55-72-69-42-17-20-47-75(69)93(79(72)56-80(73)96)65-36-11-4-12-37-65/h2-26,28-57H,27H2,1H3. The minimum Gasteiger partial charge on any atom is -0.312 e. The lowest BCUT2D eigenvalue weighted by molar-refractivity contribution is 0.705. The highest BCUT2D eigenvalue weighted by atomic mass is 15.2. The first-order valence-corrected chi connectivity index (χ1v) is 33.2. The van der Waals surface area contributed by atoms with E-state index in [2.05, 4.69) is 317 Å². The van der Waals surface area contributed by atoms with E-state index in [0.717, 1.165) is 112 Å². The van der Waals surface area contributed by atoms with E-state index in [9.17, 15) is 0 Å². The maximum absolute atomic E-state index is 5.47. The van der Waals surface area contributed by atoms with Crippen LogP contribution in [-0.4, -0.2) is 30.8 Å². The van der Waals surface area contributed by atoms with Gasteiger partial charge in [0, 0.05) is 83.6 Å². The normalized spacial score (nSPS) is 14.0. The molecule has 19 rings (SSSR count). The van der Waals surface area contributed by atoms with Crippen LogP contribution in [0, 0.1) is 5.92 Å². The predicted octanol–water partition coefficient (Wildman–Crippen LogP) is 21.0. The first kappa shape index (κ1) is 55.3. The van der Waals surface area contributed by atoms with Gasteiger partial charge >= 0.3 is 0 Å². The number of allylic oxidation sites excluding steroid dienone is 3. The largest absolute Gasteiger partial charge is 0.312 e. The molecule has 5 heterocycles. The highest BCUT2D eigenvalue weighted by molar-refractivity contribution is 6.95. The lowest BCUT2D eigenvalue weighted by atomic mass is 9.31. The summed E-state index contributed by atoms with van der Waals surface area (Å²) in [4.78, 5) is 21.2. The molecule has 0 fully saturated rings. The first-order chi connectivity index (χ1) is 47.6. The van der Waals surface area contributed by atoms with Crippen molar-refractivity contribution >= 4 is 89.7 Å². The summed E-state index contributed by atoms with van der Waals surface area (Å²) in [6.45, 7) is 2.50. The summed E-state index contributed by atoms with van der Waals surface area (Å²) in [6, 6.07) is 115. The van der Waals surface area contributed by atoms with Crippen LogP contribution in [-0.2, 0) is 0 Å². The van der Waals surface area contributed by atoms with Crippen molar-refractivity contribution in [3.05, 3.63) is 339 Å². The second-order valence-electron chi connectivity index (χ2n) is 25.5. The highest BCUT2D eigenvalue weighted by Gasteiger charge is 2.46. The number of hydrogen-bond donors (Lipinski definition) is 0. The van der Waals surface area contributed by atoms with E-state index in [1.54, 1.807) is 0 Å². The van der Waals surface area contributed by atoms with E-state index in [0.29, 0.717) is 23.4 Å². The molecule has 13 aromatic carbocycles. The Morgan fingerprint density at radius 3 is 1.45 bits per heavy atom. The van der Waals surface area contributed by atoms with Crippen molar-refractivity contribution in [1.82, 2.24) is 24.1 Å². The van der Waals surface area contributed by atoms with E-state index in [1.165, 1.54) is 49.9 Å². The van der Waals surface area contributed by atoms with Crippen molar-refractivity contribution < 1.29 is 0 Å². The van der Waals surface area contributed by atoms with Gasteiger partial charge in [0.15, 0.2) is 17.5 Å². The van der Waals surface area contributed by atoms with Gasteiger partial charge in [0.1, 0.15) is 0 Å². The summed E-state index contributed by atoms with van der Waals surface area (Å²) in [5, 5.41) is 4.71. The first-order valence-electron chi connectivity index (χ1n) is 33.2. The molecular weight excluding hydrogens is 1170 g/mol. The third-order valence-corrected chi connectivity index (χ3v) is 20.0. The Balaban J connectivity index is 0.832.